The third kappa shape index (κ3) is 3.14. The van der Waals surface area contributed by atoms with E-state index in [9.17, 15) is 4.39 Å². The molecule has 1 heterocycles. The number of hydrogen-bond donors (Lipinski definition) is 1. The number of hydrogen-bond acceptors (Lipinski definition) is 2. The topological polar surface area (TPSA) is 15.3 Å². The van der Waals surface area contributed by atoms with Gasteiger partial charge in [-0.25, -0.2) is 4.39 Å². The highest BCUT2D eigenvalue weighted by molar-refractivity contribution is 5.51. The second-order valence-electron chi connectivity index (χ2n) is 6.07. The molecule has 20 heavy (non-hydrogen) atoms. The van der Waals surface area contributed by atoms with Gasteiger partial charge in [0.15, 0.2) is 0 Å². The van der Waals surface area contributed by atoms with E-state index in [1.54, 1.807) is 6.07 Å². The Bertz CT molecular complexity index is 447. The summed E-state index contributed by atoms with van der Waals surface area (Å²) in [4.78, 5) is 2.27. The molecule has 0 saturated carbocycles. The van der Waals surface area contributed by atoms with Gasteiger partial charge >= 0.3 is 0 Å². The number of nitrogens with one attached hydrogen (secondary N) is 1. The van der Waals surface area contributed by atoms with Gasteiger partial charge in [0.05, 0.1) is 5.69 Å². The molecule has 0 aromatic heterocycles. The first-order chi connectivity index (χ1) is 9.56. The van der Waals surface area contributed by atoms with Gasteiger partial charge in [-0.15, -0.1) is 0 Å². The average Bonchev–Trinajstić information content (AvgIpc) is 2.46. The van der Waals surface area contributed by atoms with Crippen LogP contribution in [0, 0.1) is 18.7 Å². The SMILES string of the molecule is CCC(C)C1CN(c2ccc(C)cc2F)C(CC)CN1. The Labute approximate surface area is 122 Å². The lowest BCUT2D eigenvalue weighted by molar-refractivity contribution is 0.304. The zero-order valence-electron chi connectivity index (χ0n) is 13.1. The summed E-state index contributed by atoms with van der Waals surface area (Å²) in [6.07, 6.45) is 2.19. The summed E-state index contributed by atoms with van der Waals surface area (Å²) in [5, 5.41) is 3.64. The van der Waals surface area contributed by atoms with Crippen LogP contribution in [0.5, 0.6) is 0 Å². The van der Waals surface area contributed by atoms with E-state index in [1.807, 2.05) is 19.1 Å². The molecule has 0 amide bonds. The van der Waals surface area contributed by atoms with E-state index in [0.29, 0.717) is 18.0 Å². The normalized spacial score (nSPS) is 24.8. The number of nitrogens with zero attached hydrogens (tertiary/aromatic N) is 1. The monoisotopic (exact) mass is 278 g/mol. The summed E-state index contributed by atoms with van der Waals surface area (Å²) in [6.45, 7) is 10.4. The van der Waals surface area contributed by atoms with Crippen molar-refractivity contribution in [3.8, 4) is 0 Å². The van der Waals surface area contributed by atoms with Gasteiger partial charge in [0.1, 0.15) is 5.82 Å². The molecule has 2 rings (SSSR count). The molecule has 1 aromatic carbocycles. The van der Waals surface area contributed by atoms with E-state index in [4.69, 9.17) is 0 Å². The van der Waals surface area contributed by atoms with Crippen molar-refractivity contribution in [1.29, 1.82) is 0 Å². The van der Waals surface area contributed by atoms with E-state index in [-0.39, 0.29) is 5.82 Å². The van der Waals surface area contributed by atoms with Gasteiger partial charge in [-0.3, -0.25) is 0 Å². The summed E-state index contributed by atoms with van der Waals surface area (Å²) in [5.41, 5.74) is 1.74. The molecule has 2 nitrogen and oxygen atoms in total. The number of halogens is 1. The Morgan fingerprint density at radius 2 is 2.15 bits per heavy atom. The Kier molecular flexibility index (Phi) is 5.03. The molecule has 1 aromatic rings. The fraction of sp³-hybridized carbons (Fsp3) is 0.647. The van der Waals surface area contributed by atoms with E-state index in [2.05, 4.69) is 31.0 Å². The Balaban J connectivity index is 2.24. The van der Waals surface area contributed by atoms with Gasteiger partial charge in [0, 0.05) is 25.2 Å². The second-order valence-corrected chi connectivity index (χ2v) is 6.07. The van der Waals surface area contributed by atoms with Crippen LogP contribution in [0.3, 0.4) is 0 Å². The Morgan fingerprint density at radius 3 is 2.75 bits per heavy atom. The quantitative estimate of drug-likeness (QED) is 0.902. The van der Waals surface area contributed by atoms with Crippen molar-refractivity contribution >= 4 is 5.69 Å². The van der Waals surface area contributed by atoms with Crippen LogP contribution in [0.15, 0.2) is 18.2 Å². The van der Waals surface area contributed by atoms with Gasteiger partial charge in [-0.05, 0) is 37.0 Å². The molecule has 0 bridgehead atoms. The van der Waals surface area contributed by atoms with Crippen LogP contribution < -0.4 is 10.2 Å². The number of piperazine rings is 1. The third-order valence-corrected chi connectivity index (χ3v) is 4.66. The maximum absolute atomic E-state index is 14.3. The van der Waals surface area contributed by atoms with Gasteiger partial charge in [-0.1, -0.05) is 33.3 Å². The van der Waals surface area contributed by atoms with E-state index < -0.39 is 0 Å². The lowest BCUT2D eigenvalue weighted by atomic mass is 9.94. The molecule has 0 aliphatic carbocycles. The van der Waals surface area contributed by atoms with Crippen LogP contribution in [0.25, 0.3) is 0 Å². The zero-order valence-corrected chi connectivity index (χ0v) is 13.1. The summed E-state index contributed by atoms with van der Waals surface area (Å²) < 4.78 is 14.3. The van der Waals surface area contributed by atoms with Crippen molar-refractivity contribution in [3.05, 3.63) is 29.6 Å². The maximum Gasteiger partial charge on any atom is 0.146 e. The average molecular weight is 278 g/mol. The first-order valence-electron chi connectivity index (χ1n) is 7.83. The highest BCUT2D eigenvalue weighted by Gasteiger charge is 2.30. The molecule has 1 N–H and O–H groups in total. The fourth-order valence-electron chi connectivity index (χ4n) is 2.99. The third-order valence-electron chi connectivity index (χ3n) is 4.66. The lowest BCUT2D eigenvalue weighted by Crippen LogP contribution is -2.58. The molecular formula is C17H27FN2. The molecule has 0 spiro atoms. The minimum atomic E-state index is -0.0896. The standard InChI is InChI=1S/C17H27FN2/c1-5-13(4)16-11-20(14(6-2)10-19-16)17-8-7-12(3)9-15(17)18/h7-9,13-14,16,19H,5-6,10-11H2,1-4H3. The molecule has 1 fully saturated rings. The Hall–Kier alpha value is -1.09. The Morgan fingerprint density at radius 1 is 1.40 bits per heavy atom. The van der Waals surface area contributed by atoms with Crippen LogP contribution in [-0.4, -0.2) is 25.2 Å². The summed E-state index contributed by atoms with van der Waals surface area (Å²) in [7, 11) is 0. The van der Waals surface area contributed by atoms with Crippen molar-refractivity contribution in [3.63, 3.8) is 0 Å². The van der Waals surface area contributed by atoms with E-state index in [0.717, 1.165) is 37.2 Å². The van der Waals surface area contributed by atoms with Crippen LogP contribution in [0.4, 0.5) is 10.1 Å². The predicted octanol–water partition coefficient (Wildman–Crippen LogP) is 3.74. The van der Waals surface area contributed by atoms with Crippen molar-refractivity contribution in [2.24, 2.45) is 5.92 Å². The van der Waals surface area contributed by atoms with E-state index in [1.165, 1.54) is 0 Å². The van der Waals surface area contributed by atoms with Crippen molar-refractivity contribution in [1.82, 2.24) is 5.32 Å². The summed E-state index contributed by atoms with van der Waals surface area (Å²) in [6, 6.07) is 6.41. The van der Waals surface area contributed by atoms with Gasteiger partial charge < -0.3 is 10.2 Å². The first-order valence-corrected chi connectivity index (χ1v) is 7.83. The molecule has 0 radical (unpaired) electrons. The van der Waals surface area contributed by atoms with Crippen molar-refractivity contribution < 1.29 is 4.39 Å². The van der Waals surface area contributed by atoms with Crippen LogP contribution in [0.1, 0.15) is 39.2 Å². The highest BCUT2D eigenvalue weighted by Crippen LogP contribution is 2.27. The number of rotatable bonds is 4. The summed E-state index contributed by atoms with van der Waals surface area (Å²) >= 11 is 0. The van der Waals surface area contributed by atoms with Crippen LogP contribution in [0.2, 0.25) is 0 Å². The number of benzene rings is 1. The van der Waals surface area contributed by atoms with Gasteiger partial charge in [-0.2, -0.15) is 0 Å². The zero-order chi connectivity index (χ0) is 14.7. The minimum absolute atomic E-state index is 0.0896. The molecule has 112 valence electrons. The van der Waals surface area contributed by atoms with Crippen molar-refractivity contribution in [2.45, 2.75) is 52.6 Å². The maximum atomic E-state index is 14.3. The largest absolute Gasteiger partial charge is 0.363 e. The van der Waals surface area contributed by atoms with Crippen molar-refractivity contribution in [2.75, 3.05) is 18.0 Å². The van der Waals surface area contributed by atoms with Crippen LogP contribution >= 0.6 is 0 Å². The number of anilines is 1. The highest BCUT2D eigenvalue weighted by atomic mass is 19.1. The minimum Gasteiger partial charge on any atom is -0.363 e. The predicted molar refractivity (Wildman–Crippen MR) is 83.8 cm³/mol. The lowest BCUT2D eigenvalue weighted by Gasteiger charge is -2.43. The smallest absolute Gasteiger partial charge is 0.146 e. The molecule has 1 aliphatic rings. The fourth-order valence-corrected chi connectivity index (χ4v) is 2.99. The molecular weight excluding hydrogens is 251 g/mol. The molecule has 3 atom stereocenters. The van der Waals surface area contributed by atoms with Crippen LogP contribution in [-0.2, 0) is 0 Å². The van der Waals surface area contributed by atoms with Gasteiger partial charge in [0.2, 0.25) is 0 Å². The first kappa shape index (κ1) is 15.3. The van der Waals surface area contributed by atoms with Gasteiger partial charge in [0.25, 0.3) is 0 Å². The molecule has 1 saturated heterocycles. The van der Waals surface area contributed by atoms with E-state index >= 15 is 0 Å². The molecule has 1 aliphatic heterocycles. The number of aryl methyl sites for hydroxylation is 1. The molecule has 3 heteroatoms. The second kappa shape index (κ2) is 6.57. The summed E-state index contributed by atoms with van der Waals surface area (Å²) in [5.74, 6) is 0.525. The molecule has 3 unspecified atom stereocenters.